The minimum absolute atomic E-state index is 0.257. The van der Waals surface area contributed by atoms with E-state index in [1.54, 1.807) is 6.33 Å². The maximum atomic E-state index is 9.38. The molecule has 0 aliphatic carbocycles. The van der Waals surface area contributed by atoms with Crippen molar-refractivity contribution >= 4 is 28.2 Å². The molecule has 1 aromatic carbocycles. The number of piperidine rings is 1. The maximum absolute atomic E-state index is 9.38. The van der Waals surface area contributed by atoms with Crippen molar-refractivity contribution < 1.29 is 4.74 Å². The van der Waals surface area contributed by atoms with Crippen molar-refractivity contribution in [3.8, 4) is 6.07 Å². The number of nitrogens with one attached hydrogen (secondary N) is 1. The molecule has 2 fully saturated rings. The van der Waals surface area contributed by atoms with Crippen molar-refractivity contribution in [2.75, 3.05) is 54.5 Å². The van der Waals surface area contributed by atoms with Gasteiger partial charge in [-0.1, -0.05) is 18.2 Å². The van der Waals surface area contributed by atoms with Gasteiger partial charge in [0, 0.05) is 49.4 Å². The van der Waals surface area contributed by atoms with E-state index in [2.05, 4.69) is 42.2 Å². The third-order valence-corrected chi connectivity index (χ3v) is 5.91. The lowest BCUT2D eigenvalue weighted by Crippen LogP contribution is -2.43. The first-order valence-corrected chi connectivity index (χ1v) is 10.8. The average molecular weight is 416 g/mol. The van der Waals surface area contributed by atoms with Gasteiger partial charge in [-0.15, -0.1) is 0 Å². The number of benzene rings is 1. The van der Waals surface area contributed by atoms with Gasteiger partial charge < -0.3 is 19.9 Å². The average Bonchev–Trinajstić information content (AvgIpc) is 2.85. The molecule has 2 aliphatic heterocycles. The summed E-state index contributed by atoms with van der Waals surface area (Å²) in [6, 6.07) is 14.3. The van der Waals surface area contributed by atoms with E-state index in [1.807, 2.05) is 30.3 Å². The molecule has 0 radical (unpaired) electrons. The fourth-order valence-electron chi connectivity index (χ4n) is 4.35. The highest BCUT2D eigenvalue weighted by molar-refractivity contribution is 5.92. The summed E-state index contributed by atoms with van der Waals surface area (Å²) >= 11 is 0. The summed E-state index contributed by atoms with van der Waals surface area (Å²) < 4.78 is 5.46. The van der Waals surface area contributed by atoms with Gasteiger partial charge in [-0.2, -0.15) is 5.26 Å². The summed E-state index contributed by atoms with van der Waals surface area (Å²) in [7, 11) is 0. The topological polar surface area (TPSA) is 90.2 Å². The van der Waals surface area contributed by atoms with Crippen LogP contribution in [0.15, 0.2) is 42.7 Å². The van der Waals surface area contributed by atoms with E-state index in [1.165, 1.54) is 0 Å². The van der Waals surface area contributed by atoms with Gasteiger partial charge in [0.15, 0.2) is 0 Å². The lowest BCUT2D eigenvalue weighted by molar-refractivity contribution is 0.122. The van der Waals surface area contributed by atoms with E-state index in [0.29, 0.717) is 5.69 Å². The molecule has 0 amide bonds. The third-order valence-electron chi connectivity index (χ3n) is 5.91. The summed E-state index contributed by atoms with van der Waals surface area (Å²) in [5, 5.41) is 14.1. The summed E-state index contributed by atoms with van der Waals surface area (Å²) in [4.78, 5) is 18.0. The standard InChI is InChI=1S/C23H25N7O/c24-14-18-12-21(19-5-1-2-6-20(19)28-18)27-17-4-3-7-30(15-17)23-13-22(25-16-26-23)29-8-10-31-11-9-29/h1-2,5-6,12-13,16-17H,3-4,7-11,15H2,(H,27,28). The molecular formula is C23H25N7O. The fraction of sp³-hybridized carbons (Fsp3) is 0.391. The third kappa shape index (κ3) is 4.23. The van der Waals surface area contributed by atoms with Gasteiger partial charge >= 0.3 is 0 Å². The molecule has 0 saturated carbocycles. The highest BCUT2D eigenvalue weighted by Gasteiger charge is 2.23. The lowest BCUT2D eigenvalue weighted by atomic mass is 10.0. The molecule has 3 aromatic rings. The van der Waals surface area contributed by atoms with Gasteiger partial charge in [-0.25, -0.2) is 15.0 Å². The van der Waals surface area contributed by atoms with Gasteiger partial charge in [-0.3, -0.25) is 0 Å². The van der Waals surface area contributed by atoms with E-state index in [-0.39, 0.29) is 6.04 Å². The Hall–Kier alpha value is -3.44. The fourth-order valence-corrected chi connectivity index (χ4v) is 4.35. The maximum Gasteiger partial charge on any atom is 0.143 e. The van der Waals surface area contributed by atoms with E-state index in [4.69, 9.17) is 4.74 Å². The van der Waals surface area contributed by atoms with Crippen LogP contribution in [0.25, 0.3) is 10.9 Å². The van der Waals surface area contributed by atoms with E-state index in [0.717, 1.165) is 80.5 Å². The molecule has 0 bridgehead atoms. The van der Waals surface area contributed by atoms with Crippen LogP contribution >= 0.6 is 0 Å². The highest BCUT2D eigenvalue weighted by Crippen LogP contribution is 2.27. The number of nitriles is 1. The first-order valence-electron chi connectivity index (χ1n) is 10.8. The number of hydrogen-bond donors (Lipinski definition) is 1. The van der Waals surface area contributed by atoms with Crippen LogP contribution < -0.4 is 15.1 Å². The van der Waals surface area contributed by atoms with Gasteiger partial charge in [0.1, 0.15) is 29.7 Å². The SMILES string of the molecule is N#Cc1cc(NC2CCCN(c3cc(N4CCOCC4)ncn3)C2)c2ccccc2n1. The Morgan fingerprint density at radius 3 is 2.68 bits per heavy atom. The van der Waals surface area contributed by atoms with Crippen LogP contribution in [0.4, 0.5) is 17.3 Å². The zero-order chi connectivity index (χ0) is 21.0. The summed E-state index contributed by atoms with van der Waals surface area (Å²) in [5.74, 6) is 1.92. The Labute approximate surface area is 181 Å². The van der Waals surface area contributed by atoms with Crippen LogP contribution in [-0.4, -0.2) is 60.4 Å². The number of ether oxygens (including phenoxy) is 1. The van der Waals surface area contributed by atoms with Crippen molar-refractivity contribution in [1.29, 1.82) is 5.26 Å². The number of fused-ring (bicyclic) bond motifs is 1. The molecule has 31 heavy (non-hydrogen) atoms. The van der Waals surface area contributed by atoms with Crippen molar-refractivity contribution in [3.05, 3.63) is 48.4 Å². The number of nitrogens with zero attached hydrogens (tertiary/aromatic N) is 6. The Morgan fingerprint density at radius 2 is 1.84 bits per heavy atom. The zero-order valence-electron chi connectivity index (χ0n) is 17.4. The molecule has 0 spiro atoms. The van der Waals surface area contributed by atoms with Crippen molar-refractivity contribution in [3.63, 3.8) is 0 Å². The number of pyridine rings is 1. The van der Waals surface area contributed by atoms with Crippen LogP contribution in [0, 0.1) is 11.3 Å². The van der Waals surface area contributed by atoms with Crippen LogP contribution in [-0.2, 0) is 4.74 Å². The second-order valence-corrected chi connectivity index (χ2v) is 7.95. The number of rotatable bonds is 4. The molecule has 1 atom stereocenters. The van der Waals surface area contributed by atoms with E-state index in [9.17, 15) is 5.26 Å². The minimum atomic E-state index is 0.257. The number of anilines is 3. The van der Waals surface area contributed by atoms with Crippen molar-refractivity contribution in [2.24, 2.45) is 0 Å². The van der Waals surface area contributed by atoms with Gasteiger partial charge in [0.25, 0.3) is 0 Å². The van der Waals surface area contributed by atoms with Gasteiger partial charge in [0.2, 0.25) is 0 Å². The molecule has 1 unspecified atom stereocenters. The molecule has 2 aromatic heterocycles. The first-order chi connectivity index (χ1) is 15.3. The highest BCUT2D eigenvalue weighted by atomic mass is 16.5. The van der Waals surface area contributed by atoms with Crippen LogP contribution in [0.5, 0.6) is 0 Å². The Kier molecular flexibility index (Phi) is 5.50. The molecular weight excluding hydrogens is 390 g/mol. The number of hydrogen-bond acceptors (Lipinski definition) is 8. The predicted molar refractivity (Wildman–Crippen MR) is 120 cm³/mol. The molecule has 5 rings (SSSR count). The summed E-state index contributed by atoms with van der Waals surface area (Å²) in [5.41, 5.74) is 2.23. The summed E-state index contributed by atoms with van der Waals surface area (Å²) in [6.45, 7) is 5.00. The van der Waals surface area contributed by atoms with Crippen LogP contribution in [0.2, 0.25) is 0 Å². The number of morpholine rings is 1. The van der Waals surface area contributed by atoms with Crippen molar-refractivity contribution in [1.82, 2.24) is 15.0 Å². The molecule has 4 heterocycles. The number of para-hydroxylation sites is 1. The minimum Gasteiger partial charge on any atom is -0.380 e. The summed E-state index contributed by atoms with van der Waals surface area (Å²) in [6.07, 6.45) is 3.80. The molecule has 158 valence electrons. The molecule has 2 aliphatic rings. The Morgan fingerprint density at radius 1 is 1.03 bits per heavy atom. The number of aromatic nitrogens is 3. The van der Waals surface area contributed by atoms with Crippen molar-refractivity contribution in [2.45, 2.75) is 18.9 Å². The van der Waals surface area contributed by atoms with Crippen LogP contribution in [0.3, 0.4) is 0 Å². The normalized spacial score (nSPS) is 19.3. The zero-order valence-corrected chi connectivity index (χ0v) is 17.4. The quantitative estimate of drug-likeness (QED) is 0.696. The Bertz CT molecular complexity index is 1110. The monoisotopic (exact) mass is 415 g/mol. The lowest BCUT2D eigenvalue weighted by Gasteiger charge is -2.35. The smallest absolute Gasteiger partial charge is 0.143 e. The Balaban J connectivity index is 1.35. The second kappa shape index (κ2) is 8.74. The van der Waals surface area contributed by atoms with E-state index >= 15 is 0 Å². The second-order valence-electron chi connectivity index (χ2n) is 7.95. The largest absolute Gasteiger partial charge is 0.380 e. The molecule has 1 N–H and O–H groups in total. The van der Waals surface area contributed by atoms with Gasteiger partial charge in [0.05, 0.1) is 18.7 Å². The molecule has 8 heteroatoms. The van der Waals surface area contributed by atoms with E-state index < -0.39 is 0 Å². The van der Waals surface area contributed by atoms with Gasteiger partial charge in [-0.05, 0) is 25.0 Å². The predicted octanol–water partition coefficient (Wildman–Crippen LogP) is 2.81. The first kappa shape index (κ1) is 19.5. The van der Waals surface area contributed by atoms with Crippen LogP contribution in [0.1, 0.15) is 18.5 Å². The molecule has 2 saturated heterocycles. The molecule has 8 nitrogen and oxygen atoms in total.